The van der Waals surface area contributed by atoms with Crippen LogP contribution in [0.25, 0.3) is 11.1 Å². The van der Waals surface area contributed by atoms with E-state index in [4.69, 9.17) is 9.47 Å². The smallest absolute Gasteiger partial charge is 0.126 e. The number of benzene rings is 2. The number of nitrogens with zero attached hydrogens (tertiary/aromatic N) is 1. The Kier molecular flexibility index (Phi) is 3.97. The number of likely N-dealkylation sites (N-methyl/N-ethyl adjacent to an activating group) is 1. The van der Waals surface area contributed by atoms with Gasteiger partial charge in [-0.1, -0.05) is 19.1 Å². The summed E-state index contributed by atoms with van der Waals surface area (Å²) in [5, 5.41) is 0. The molecular weight excluding hydrogens is 298 g/mol. The van der Waals surface area contributed by atoms with Gasteiger partial charge in [-0.2, -0.15) is 0 Å². The zero-order valence-corrected chi connectivity index (χ0v) is 14.8. The number of methoxy groups -OCH3 is 1. The molecule has 126 valence electrons. The SMILES string of the molecule is CCOc1cc2c3c(c1)-c1c(cccc1OC)C[C@H]3N(CC)CC2. The Morgan fingerprint density at radius 2 is 2.04 bits per heavy atom. The number of hydrogen-bond acceptors (Lipinski definition) is 3. The van der Waals surface area contributed by atoms with Gasteiger partial charge < -0.3 is 9.47 Å². The van der Waals surface area contributed by atoms with Crippen molar-refractivity contribution in [3.63, 3.8) is 0 Å². The Morgan fingerprint density at radius 1 is 1.17 bits per heavy atom. The first kappa shape index (κ1) is 15.5. The molecule has 3 nitrogen and oxygen atoms in total. The van der Waals surface area contributed by atoms with E-state index in [0.717, 1.165) is 37.4 Å². The number of rotatable bonds is 4. The van der Waals surface area contributed by atoms with E-state index in [2.05, 4.69) is 42.2 Å². The van der Waals surface area contributed by atoms with Crippen LogP contribution in [0.15, 0.2) is 30.3 Å². The van der Waals surface area contributed by atoms with E-state index >= 15 is 0 Å². The van der Waals surface area contributed by atoms with Crippen molar-refractivity contribution >= 4 is 0 Å². The quantitative estimate of drug-likeness (QED) is 0.840. The highest BCUT2D eigenvalue weighted by atomic mass is 16.5. The second-order valence-corrected chi connectivity index (χ2v) is 6.57. The minimum Gasteiger partial charge on any atom is -0.496 e. The first-order chi connectivity index (χ1) is 11.8. The lowest BCUT2D eigenvalue weighted by molar-refractivity contribution is 0.192. The highest BCUT2D eigenvalue weighted by molar-refractivity contribution is 5.81. The lowest BCUT2D eigenvalue weighted by Gasteiger charge is -2.41. The normalized spacial score (nSPS) is 18.7. The summed E-state index contributed by atoms with van der Waals surface area (Å²) in [7, 11) is 1.76. The van der Waals surface area contributed by atoms with Gasteiger partial charge in [0.15, 0.2) is 0 Å². The van der Waals surface area contributed by atoms with Crippen LogP contribution in [0.4, 0.5) is 0 Å². The highest BCUT2D eigenvalue weighted by Crippen LogP contribution is 2.49. The van der Waals surface area contributed by atoms with Gasteiger partial charge in [0.2, 0.25) is 0 Å². The van der Waals surface area contributed by atoms with Gasteiger partial charge >= 0.3 is 0 Å². The first-order valence-electron chi connectivity index (χ1n) is 8.96. The van der Waals surface area contributed by atoms with E-state index in [-0.39, 0.29) is 0 Å². The molecular formula is C21H25NO2. The third kappa shape index (κ3) is 2.30. The maximum absolute atomic E-state index is 5.86. The molecule has 0 N–H and O–H groups in total. The van der Waals surface area contributed by atoms with Crippen molar-refractivity contribution in [3.8, 4) is 22.6 Å². The van der Waals surface area contributed by atoms with Crippen LogP contribution in [0.3, 0.4) is 0 Å². The topological polar surface area (TPSA) is 21.7 Å². The summed E-state index contributed by atoms with van der Waals surface area (Å²) >= 11 is 0. The molecule has 0 spiro atoms. The molecule has 1 atom stereocenters. The summed E-state index contributed by atoms with van der Waals surface area (Å²) in [6, 6.07) is 11.4. The van der Waals surface area contributed by atoms with Gasteiger partial charge in [-0.05, 0) is 66.8 Å². The standard InChI is InChI=1S/C21H25NO2/c1-4-22-10-9-15-11-16(24-5-2)13-17-20(15)18(22)12-14-7-6-8-19(23-3)21(14)17/h6-8,11,13,18H,4-5,9-10,12H2,1-3H3/t18-/m1/s1. The zero-order chi connectivity index (χ0) is 16.7. The monoisotopic (exact) mass is 323 g/mol. The molecule has 2 aromatic carbocycles. The van der Waals surface area contributed by atoms with Crippen molar-refractivity contribution in [1.82, 2.24) is 4.90 Å². The minimum absolute atomic E-state index is 0.476. The predicted octanol–water partition coefficient (Wildman–Crippen LogP) is 4.24. The fourth-order valence-electron chi connectivity index (χ4n) is 4.38. The summed E-state index contributed by atoms with van der Waals surface area (Å²) in [5.74, 6) is 1.95. The Bertz CT molecular complexity index is 769. The fraction of sp³-hybridized carbons (Fsp3) is 0.429. The minimum atomic E-state index is 0.476. The molecule has 1 aliphatic heterocycles. The van der Waals surface area contributed by atoms with Gasteiger partial charge in [-0.15, -0.1) is 0 Å². The van der Waals surface area contributed by atoms with Crippen LogP contribution in [0, 0.1) is 0 Å². The van der Waals surface area contributed by atoms with Gasteiger partial charge in [0.05, 0.1) is 13.7 Å². The molecule has 0 aromatic heterocycles. The summed E-state index contributed by atoms with van der Waals surface area (Å²) in [6.45, 7) is 7.22. The molecule has 0 fully saturated rings. The maximum atomic E-state index is 5.86. The van der Waals surface area contributed by atoms with Crippen molar-refractivity contribution in [1.29, 1.82) is 0 Å². The molecule has 3 heteroatoms. The number of ether oxygens (including phenoxy) is 2. The van der Waals surface area contributed by atoms with Crippen molar-refractivity contribution in [2.75, 3.05) is 26.8 Å². The van der Waals surface area contributed by atoms with Crippen molar-refractivity contribution in [3.05, 3.63) is 47.0 Å². The van der Waals surface area contributed by atoms with Crippen LogP contribution in [-0.4, -0.2) is 31.7 Å². The van der Waals surface area contributed by atoms with Crippen molar-refractivity contribution in [2.24, 2.45) is 0 Å². The van der Waals surface area contributed by atoms with Gasteiger partial charge in [0.1, 0.15) is 11.5 Å². The van der Waals surface area contributed by atoms with Crippen LogP contribution in [-0.2, 0) is 12.8 Å². The van der Waals surface area contributed by atoms with Gasteiger partial charge in [-0.25, -0.2) is 0 Å². The molecule has 2 aromatic rings. The highest BCUT2D eigenvalue weighted by Gasteiger charge is 2.35. The molecule has 0 saturated carbocycles. The van der Waals surface area contributed by atoms with Crippen LogP contribution >= 0.6 is 0 Å². The molecule has 1 heterocycles. The molecule has 0 amide bonds. The average molecular weight is 323 g/mol. The van der Waals surface area contributed by atoms with Crippen molar-refractivity contribution in [2.45, 2.75) is 32.7 Å². The van der Waals surface area contributed by atoms with Crippen molar-refractivity contribution < 1.29 is 9.47 Å². The molecule has 0 unspecified atom stereocenters. The molecule has 0 bridgehead atoms. The molecule has 2 aliphatic rings. The second-order valence-electron chi connectivity index (χ2n) is 6.57. The molecule has 0 radical (unpaired) electrons. The van der Waals surface area contributed by atoms with E-state index in [1.165, 1.54) is 27.8 Å². The van der Waals surface area contributed by atoms with Crippen LogP contribution in [0.5, 0.6) is 11.5 Å². The Morgan fingerprint density at radius 3 is 2.79 bits per heavy atom. The van der Waals surface area contributed by atoms with Crippen LogP contribution in [0.2, 0.25) is 0 Å². The lowest BCUT2D eigenvalue weighted by Crippen LogP contribution is -2.38. The lowest BCUT2D eigenvalue weighted by atomic mass is 9.76. The molecule has 1 aliphatic carbocycles. The Hall–Kier alpha value is -2.00. The van der Waals surface area contributed by atoms with Gasteiger partial charge in [0, 0.05) is 18.2 Å². The molecule has 0 saturated heterocycles. The second kappa shape index (κ2) is 6.14. The van der Waals surface area contributed by atoms with Crippen LogP contribution < -0.4 is 9.47 Å². The summed E-state index contributed by atoms with van der Waals surface area (Å²) in [6.07, 6.45) is 2.16. The first-order valence-corrected chi connectivity index (χ1v) is 8.96. The van der Waals surface area contributed by atoms with Gasteiger partial charge in [-0.3, -0.25) is 4.90 Å². The largest absolute Gasteiger partial charge is 0.496 e. The third-order valence-corrected chi connectivity index (χ3v) is 5.41. The van der Waals surface area contributed by atoms with E-state index in [9.17, 15) is 0 Å². The van der Waals surface area contributed by atoms with E-state index in [1.807, 2.05) is 6.92 Å². The summed E-state index contributed by atoms with van der Waals surface area (Å²) in [5.41, 5.74) is 6.88. The Labute approximate surface area is 144 Å². The third-order valence-electron chi connectivity index (χ3n) is 5.41. The Balaban J connectivity index is 1.98. The number of fused-ring (bicyclic) bond motifs is 2. The predicted molar refractivity (Wildman–Crippen MR) is 97.0 cm³/mol. The number of hydrogen-bond donors (Lipinski definition) is 0. The molecule has 24 heavy (non-hydrogen) atoms. The summed E-state index contributed by atoms with van der Waals surface area (Å²) < 4.78 is 11.6. The fourth-order valence-corrected chi connectivity index (χ4v) is 4.38. The van der Waals surface area contributed by atoms with E-state index in [0.29, 0.717) is 12.6 Å². The summed E-state index contributed by atoms with van der Waals surface area (Å²) in [4.78, 5) is 2.61. The van der Waals surface area contributed by atoms with Gasteiger partial charge in [0.25, 0.3) is 0 Å². The maximum Gasteiger partial charge on any atom is 0.126 e. The van der Waals surface area contributed by atoms with E-state index < -0.39 is 0 Å². The van der Waals surface area contributed by atoms with E-state index in [1.54, 1.807) is 7.11 Å². The molecule has 4 rings (SSSR count). The average Bonchev–Trinajstić information content (AvgIpc) is 2.61. The zero-order valence-electron chi connectivity index (χ0n) is 14.8. The van der Waals surface area contributed by atoms with Crippen LogP contribution in [0.1, 0.15) is 36.6 Å².